The fraction of sp³-hybridized carbons (Fsp3) is 0.158. The summed E-state index contributed by atoms with van der Waals surface area (Å²) in [5.41, 5.74) is -0.880. The van der Waals surface area contributed by atoms with Gasteiger partial charge in [0.05, 0.1) is 24.9 Å². The third-order valence-corrected chi connectivity index (χ3v) is 5.75. The Morgan fingerprint density at radius 3 is 2.81 bits per heavy atom. The molecule has 132 valence electrons. The molecular formula is C19H14BrNO4S. The van der Waals surface area contributed by atoms with E-state index in [2.05, 4.69) is 15.9 Å². The lowest BCUT2D eigenvalue weighted by Crippen LogP contribution is -2.41. The van der Waals surface area contributed by atoms with Crippen molar-refractivity contribution < 1.29 is 19.1 Å². The Hall–Kier alpha value is -2.22. The number of amides is 1. The molecule has 3 heterocycles. The summed E-state index contributed by atoms with van der Waals surface area (Å²) in [6, 6.07) is 12.3. The summed E-state index contributed by atoms with van der Waals surface area (Å²) in [6.07, 6.45) is 1.02. The topological polar surface area (TPSA) is 70.8 Å². The zero-order chi connectivity index (χ0) is 18.3. The van der Waals surface area contributed by atoms with Crippen molar-refractivity contribution in [1.82, 2.24) is 0 Å². The molecule has 2 aromatic heterocycles. The number of aliphatic hydroxyl groups is 1. The monoisotopic (exact) mass is 431 g/mol. The third kappa shape index (κ3) is 2.82. The molecule has 1 atom stereocenters. The number of thiophene rings is 1. The van der Waals surface area contributed by atoms with Crippen molar-refractivity contribution in [3.8, 4) is 0 Å². The van der Waals surface area contributed by atoms with Gasteiger partial charge >= 0.3 is 0 Å². The Kier molecular flexibility index (Phi) is 4.30. The largest absolute Gasteiger partial charge is 0.461 e. The molecule has 26 heavy (non-hydrogen) atoms. The molecule has 0 saturated carbocycles. The van der Waals surface area contributed by atoms with Crippen LogP contribution in [0.5, 0.6) is 0 Å². The van der Waals surface area contributed by atoms with Crippen molar-refractivity contribution in [2.75, 3.05) is 4.90 Å². The number of ketones is 1. The van der Waals surface area contributed by atoms with Crippen LogP contribution in [0.15, 0.2) is 63.0 Å². The zero-order valence-corrected chi connectivity index (χ0v) is 15.9. The van der Waals surface area contributed by atoms with Crippen molar-refractivity contribution in [3.05, 3.63) is 74.8 Å². The second-order valence-corrected chi connectivity index (χ2v) is 8.02. The van der Waals surface area contributed by atoms with E-state index >= 15 is 0 Å². The quantitative estimate of drug-likeness (QED) is 0.616. The van der Waals surface area contributed by atoms with Gasteiger partial charge in [-0.3, -0.25) is 9.59 Å². The summed E-state index contributed by atoms with van der Waals surface area (Å²) in [7, 11) is 0. The first kappa shape index (κ1) is 17.2. The van der Waals surface area contributed by atoms with E-state index in [1.807, 2.05) is 23.6 Å². The van der Waals surface area contributed by atoms with Crippen LogP contribution in [-0.4, -0.2) is 16.8 Å². The molecular weight excluding hydrogens is 418 g/mol. The molecule has 0 spiro atoms. The normalized spacial score (nSPS) is 19.0. The maximum absolute atomic E-state index is 13.1. The van der Waals surface area contributed by atoms with E-state index in [9.17, 15) is 14.7 Å². The SMILES string of the molecule is O=C(C[C@]1(O)C(=O)N(Cc2cccs2)c2ccc(Br)cc21)c1ccco1. The van der Waals surface area contributed by atoms with Crippen LogP contribution in [0, 0.1) is 0 Å². The highest BCUT2D eigenvalue weighted by Crippen LogP contribution is 2.45. The number of carbonyl (C=O) groups excluding carboxylic acids is 2. The first-order valence-corrected chi connectivity index (χ1v) is 9.60. The van der Waals surface area contributed by atoms with E-state index in [4.69, 9.17) is 4.42 Å². The maximum atomic E-state index is 13.1. The average Bonchev–Trinajstić information content (AvgIpc) is 3.35. The Morgan fingerprint density at radius 2 is 2.12 bits per heavy atom. The Labute approximate surface area is 162 Å². The van der Waals surface area contributed by atoms with Crippen LogP contribution in [0.3, 0.4) is 0 Å². The van der Waals surface area contributed by atoms with Crippen molar-refractivity contribution in [1.29, 1.82) is 0 Å². The maximum Gasteiger partial charge on any atom is 0.264 e. The van der Waals surface area contributed by atoms with Gasteiger partial charge in [0.2, 0.25) is 5.78 Å². The number of carbonyl (C=O) groups is 2. The van der Waals surface area contributed by atoms with Gasteiger partial charge < -0.3 is 14.4 Å². The average molecular weight is 432 g/mol. The molecule has 7 heteroatoms. The summed E-state index contributed by atoms with van der Waals surface area (Å²) >= 11 is 4.91. The number of Topliss-reactive ketones (excluding diaryl/α,β-unsaturated/α-hetero) is 1. The predicted molar refractivity (Wildman–Crippen MR) is 101 cm³/mol. The molecule has 0 radical (unpaired) electrons. The van der Waals surface area contributed by atoms with Crippen LogP contribution >= 0.6 is 27.3 Å². The van der Waals surface area contributed by atoms with Crippen LogP contribution in [0.2, 0.25) is 0 Å². The van der Waals surface area contributed by atoms with Crippen LogP contribution in [-0.2, 0) is 16.9 Å². The van der Waals surface area contributed by atoms with E-state index < -0.39 is 17.3 Å². The number of benzene rings is 1. The summed E-state index contributed by atoms with van der Waals surface area (Å²) in [6.45, 7) is 0.350. The van der Waals surface area contributed by atoms with Gasteiger partial charge in [0, 0.05) is 14.9 Å². The summed E-state index contributed by atoms with van der Waals surface area (Å²) < 4.78 is 5.84. The van der Waals surface area contributed by atoms with Crippen LogP contribution in [0.1, 0.15) is 27.4 Å². The predicted octanol–water partition coefficient (Wildman–Crippen LogP) is 4.11. The summed E-state index contributed by atoms with van der Waals surface area (Å²) in [4.78, 5) is 28.1. The molecule has 1 N–H and O–H groups in total. The number of fused-ring (bicyclic) bond motifs is 1. The van der Waals surface area contributed by atoms with Gasteiger partial charge in [0.1, 0.15) is 0 Å². The molecule has 0 unspecified atom stereocenters. The highest BCUT2D eigenvalue weighted by atomic mass is 79.9. The van der Waals surface area contributed by atoms with E-state index in [-0.39, 0.29) is 12.2 Å². The summed E-state index contributed by atoms with van der Waals surface area (Å²) in [5.74, 6) is -0.798. The number of furan rings is 1. The first-order valence-electron chi connectivity index (χ1n) is 7.92. The lowest BCUT2D eigenvalue weighted by Gasteiger charge is -2.22. The molecule has 5 nitrogen and oxygen atoms in total. The standard InChI is InChI=1S/C19H14BrNO4S/c20-12-5-6-15-14(9-12)19(24,10-16(22)17-4-1-7-25-17)18(23)21(15)11-13-3-2-8-26-13/h1-9,24H,10-11H2/t19-/m1/s1. The number of anilines is 1. The van der Waals surface area contributed by atoms with Crippen molar-refractivity contribution in [2.45, 2.75) is 18.6 Å². The van der Waals surface area contributed by atoms with Gasteiger partial charge in [0.25, 0.3) is 5.91 Å². The fourth-order valence-corrected chi connectivity index (χ4v) is 4.22. The smallest absolute Gasteiger partial charge is 0.264 e. The number of hydrogen-bond acceptors (Lipinski definition) is 5. The van der Waals surface area contributed by atoms with Gasteiger partial charge in [-0.2, -0.15) is 0 Å². The van der Waals surface area contributed by atoms with Crippen molar-refractivity contribution >= 4 is 44.6 Å². The molecule has 3 aromatic rings. The second-order valence-electron chi connectivity index (χ2n) is 6.07. The van der Waals surface area contributed by atoms with Crippen molar-refractivity contribution in [3.63, 3.8) is 0 Å². The molecule has 1 aliphatic rings. The highest BCUT2D eigenvalue weighted by Gasteiger charge is 2.51. The molecule has 0 aliphatic carbocycles. The lowest BCUT2D eigenvalue weighted by atomic mass is 9.89. The number of nitrogens with zero attached hydrogens (tertiary/aromatic N) is 1. The molecule has 1 aliphatic heterocycles. The molecule has 0 fully saturated rings. The van der Waals surface area contributed by atoms with Gasteiger partial charge in [0.15, 0.2) is 11.4 Å². The van der Waals surface area contributed by atoms with Crippen LogP contribution in [0.25, 0.3) is 0 Å². The van der Waals surface area contributed by atoms with E-state index in [0.29, 0.717) is 17.8 Å². The third-order valence-electron chi connectivity index (χ3n) is 4.40. The van der Waals surface area contributed by atoms with Crippen LogP contribution < -0.4 is 4.90 Å². The minimum Gasteiger partial charge on any atom is -0.461 e. The minimum absolute atomic E-state index is 0.125. The number of hydrogen-bond donors (Lipinski definition) is 1. The van der Waals surface area contributed by atoms with Gasteiger partial charge in [-0.25, -0.2) is 0 Å². The molecule has 1 amide bonds. The highest BCUT2D eigenvalue weighted by molar-refractivity contribution is 9.10. The number of halogens is 1. The Morgan fingerprint density at radius 1 is 1.27 bits per heavy atom. The van der Waals surface area contributed by atoms with Gasteiger partial charge in [-0.1, -0.05) is 22.0 Å². The Bertz CT molecular complexity index is 968. The van der Waals surface area contributed by atoms with E-state index in [1.54, 1.807) is 18.2 Å². The molecule has 0 bridgehead atoms. The lowest BCUT2D eigenvalue weighted by molar-refractivity contribution is -0.136. The second kappa shape index (κ2) is 6.50. The molecule has 4 rings (SSSR count). The molecule has 1 aromatic carbocycles. The van der Waals surface area contributed by atoms with E-state index in [0.717, 1.165) is 9.35 Å². The number of rotatable bonds is 5. The fourth-order valence-electron chi connectivity index (χ4n) is 3.17. The summed E-state index contributed by atoms with van der Waals surface area (Å²) in [5, 5.41) is 13.2. The Balaban J connectivity index is 1.74. The van der Waals surface area contributed by atoms with Crippen LogP contribution in [0.4, 0.5) is 5.69 Å². The van der Waals surface area contributed by atoms with E-state index in [1.165, 1.54) is 28.6 Å². The molecule has 0 saturated heterocycles. The van der Waals surface area contributed by atoms with Gasteiger partial charge in [-0.15, -0.1) is 11.3 Å². The van der Waals surface area contributed by atoms with Gasteiger partial charge in [-0.05, 0) is 41.8 Å². The zero-order valence-electron chi connectivity index (χ0n) is 13.5. The van der Waals surface area contributed by atoms with Crippen molar-refractivity contribution in [2.24, 2.45) is 0 Å². The minimum atomic E-state index is -1.92. The first-order chi connectivity index (χ1) is 12.5.